The molecular weight excluding hydrogens is 216 g/mol. The van der Waals surface area contributed by atoms with Crippen LogP contribution >= 0.6 is 0 Å². The molecule has 1 aromatic carbocycles. The highest BCUT2D eigenvalue weighted by molar-refractivity contribution is 5.65. The maximum Gasteiger partial charge on any atom is 0.302 e. The fourth-order valence-corrected chi connectivity index (χ4v) is 1.63. The van der Waals surface area contributed by atoms with E-state index < -0.39 is 0 Å². The van der Waals surface area contributed by atoms with Crippen molar-refractivity contribution in [2.45, 2.75) is 40.7 Å². The summed E-state index contributed by atoms with van der Waals surface area (Å²) in [4.78, 5) is 10.7. The van der Waals surface area contributed by atoms with Crippen LogP contribution in [0.1, 0.15) is 38.8 Å². The van der Waals surface area contributed by atoms with Gasteiger partial charge in [-0.2, -0.15) is 0 Å². The van der Waals surface area contributed by atoms with Crippen LogP contribution in [0.5, 0.6) is 5.75 Å². The topological polar surface area (TPSA) is 46.5 Å². The molecular formula is C14H20O3. The summed E-state index contributed by atoms with van der Waals surface area (Å²) in [5.41, 5.74) is 1.90. The zero-order valence-electron chi connectivity index (χ0n) is 10.9. The summed E-state index contributed by atoms with van der Waals surface area (Å²) >= 11 is 0. The molecule has 0 atom stereocenters. The van der Waals surface area contributed by atoms with Crippen molar-refractivity contribution in [1.82, 2.24) is 0 Å². The van der Waals surface area contributed by atoms with Gasteiger partial charge in [-0.3, -0.25) is 4.79 Å². The largest absolute Gasteiger partial charge is 0.508 e. The highest BCUT2D eigenvalue weighted by Crippen LogP contribution is 2.27. The molecule has 1 rings (SSSR count). The molecule has 94 valence electrons. The number of ether oxygens (including phenoxy) is 1. The summed E-state index contributed by atoms with van der Waals surface area (Å²) in [6, 6.07) is 5.31. The van der Waals surface area contributed by atoms with Gasteiger partial charge in [0.15, 0.2) is 0 Å². The van der Waals surface area contributed by atoms with Crippen molar-refractivity contribution in [2.75, 3.05) is 0 Å². The van der Waals surface area contributed by atoms with Gasteiger partial charge in [-0.15, -0.1) is 0 Å². The van der Waals surface area contributed by atoms with E-state index >= 15 is 0 Å². The van der Waals surface area contributed by atoms with Crippen LogP contribution in [0.15, 0.2) is 18.2 Å². The van der Waals surface area contributed by atoms with Gasteiger partial charge in [-0.1, -0.05) is 26.8 Å². The van der Waals surface area contributed by atoms with Crippen LogP contribution in [0.2, 0.25) is 0 Å². The summed E-state index contributed by atoms with van der Waals surface area (Å²) in [5.74, 6) is 0.00180. The van der Waals surface area contributed by atoms with E-state index in [1.807, 2.05) is 6.07 Å². The number of phenolic OH excluding ortho intramolecular Hbond substituents is 1. The lowest BCUT2D eigenvalue weighted by Crippen LogP contribution is -2.09. The third-order valence-electron chi connectivity index (χ3n) is 2.31. The fraction of sp³-hybridized carbons (Fsp3) is 0.500. The van der Waals surface area contributed by atoms with Crippen molar-refractivity contribution in [1.29, 1.82) is 0 Å². The van der Waals surface area contributed by atoms with Crippen molar-refractivity contribution >= 4 is 5.97 Å². The molecule has 0 aliphatic rings. The fourth-order valence-electron chi connectivity index (χ4n) is 1.63. The van der Waals surface area contributed by atoms with Crippen molar-refractivity contribution < 1.29 is 14.6 Å². The van der Waals surface area contributed by atoms with Gasteiger partial charge in [0.05, 0.1) is 0 Å². The monoisotopic (exact) mass is 236 g/mol. The molecule has 0 saturated heterocycles. The third kappa shape index (κ3) is 4.89. The van der Waals surface area contributed by atoms with E-state index in [9.17, 15) is 9.90 Å². The maximum atomic E-state index is 10.7. The molecule has 0 amide bonds. The van der Waals surface area contributed by atoms with Crippen LogP contribution in [0.25, 0.3) is 0 Å². The van der Waals surface area contributed by atoms with E-state index in [1.54, 1.807) is 12.1 Å². The van der Waals surface area contributed by atoms with Gasteiger partial charge in [0, 0.05) is 6.92 Å². The number of carbonyl (C=O) groups excluding carboxylic acids is 1. The van der Waals surface area contributed by atoms with Crippen LogP contribution in [0, 0.1) is 5.41 Å². The van der Waals surface area contributed by atoms with E-state index in [2.05, 4.69) is 20.8 Å². The van der Waals surface area contributed by atoms with Gasteiger partial charge >= 0.3 is 5.97 Å². The van der Waals surface area contributed by atoms with Gasteiger partial charge in [0.25, 0.3) is 0 Å². The van der Waals surface area contributed by atoms with Gasteiger partial charge in [-0.05, 0) is 35.1 Å². The van der Waals surface area contributed by atoms with Crippen molar-refractivity contribution in [3.63, 3.8) is 0 Å². The first-order chi connectivity index (χ1) is 7.78. The predicted octanol–water partition coefficient (Wildman–Crippen LogP) is 3.04. The normalized spacial score (nSPS) is 11.3. The average Bonchev–Trinajstić information content (AvgIpc) is 2.17. The molecule has 0 bridgehead atoms. The molecule has 3 nitrogen and oxygen atoms in total. The minimum atomic E-state index is -0.296. The molecule has 0 fully saturated rings. The average molecular weight is 236 g/mol. The SMILES string of the molecule is CC(=O)OCc1ccc(O)c(CC(C)(C)C)c1. The Morgan fingerprint density at radius 2 is 2.00 bits per heavy atom. The lowest BCUT2D eigenvalue weighted by molar-refractivity contribution is -0.142. The predicted molar refractivity (Wildman–Crippen MR) is 66.7 cm³/mol. The van der Waals surface area contributed by atoms with Crippen LogP contribution < -0.4 is 0 Å². The molecule has 0 radical (unpaired) electrons. The Morgan fingerprint density at radius 1 is 1.35 bits per heavy atom. The van der Waals surface area contributed by atoms with Crippen LogP contribution in [-0.4, -0.2) is 11.1 Å². The minimum Gasteiger partial charge on any atom is -0.508 e. The summed E-state index contributed by atoms with van der Waals surface area (Å²) in [6.45, 7) is 7.99. The summed E-state index contributed by atoms with van der Waals surface area (Å²) in [5, 5.41) is 9.77. The smallest absolute Gasteiger partial charge is 0.302 e. The van der Waals surface area contributed by atoms with Crippen molar-refractivity contribution in [3.05, 3.63) is 29.3 Å². The first kappa shape index (κ1) is 13.6. The Bertz CT molecular complexity index is 402. The van der Waals surface area contributed by atoms with Gasteiger partial charge in [-0.25, -0.2) is 0 Å². The Balaban J connectivity index is 2.83. The lowest BCUT2D eigenvalue weighted by Gasteiger charge is -2.19. The van der Waals surface area contributed by atoms with Gasteiger partial charge in [0.2, 0.25) is 0 Å². The first-order valence-electron chi connectivity index (χ1n) is 5.72. The van der Waals surface area contributed by atoms with E-state index in [1.165, 1.54) is 6.92 Å². The van der Waals surface area contributed by atoms with Gasteiger partial charge < -0.3 is 9.84 Å². The van der Waals surface area contributed by atoms with Crippen molar-refractivity contribution in [3.8, 4) is 5.75 Å². The van der Waals surface area contributed by atoms with E-state index in [0.717, 1.165) is 17.5 Å². The molecule has 1 aromatic rings. The number of aromatic hydroxyl groups is 1. The summed E-state index contributed by atoms with van der Waals surface area (Å²) in [6.07, 6.45) is 0.784. The molecule has 17 heavy (non-hydrogen) atoms. The number of rotatable bonds is 3. The Kier molecular flexibility index (Phi) is 4.16. The zero-order chi connectivity index (χ0) is 13.1. The van der Waals surface area contributed by atoms with Crippen LogP contribution in [0.4, 0.5) is 0 Å². The summed E-state index contributed by atoms with van der Waals surface area (Å²) < 4.78 is 4.93. The lowest BCUT2D eigenvalue weighted by atomic mass is 9.87. The van der Waals surface area contributed by atoms with E-state index in [-0.39, 0.29) is 18.0 Å². The highest BCUT2D eigenvalue weighted by Gasteiger charge is 2.14. The number of esters is 1. The molecule has 0 unspecified atom stereocenters. The highest BCUT2D eigenvalue weighted by atomic mass is 16.5. The molecule has 0 saturated carbocycles. The Labute approximate surface area is 102 Å². The zero-order valence-corrected chi connectivity index (χ0v) is 10.9. The Morgan fingerprint density at radius 3 is 2.53 bits per heavy atom. The molecule has 0 aliphatic carbocycles. The van der Waals surface area contributed by atoms with E-state index in [0.29, 0.717) is 5.75 Å². The summed E-state index contributed by atoms with van der Waals surface area (Å²) in [7, 11) is 0. The minimum absolute atomic E-state index is 0.109. The molecule has 0 aromatic heterocycles. The maximum absolute atomic E-state index is 10.7. The Hall–Kier alpha value is -1.51. The second-order valence-corrected chi connectivity index (χ2v) is 5.48. The molecule has 0 heterocycles. The first-order valence-corrected chi connectivity index (χ1v) is 5.72. The van der Waals surface area contributed by atoms with Crippen LogP contribution in [-0.2, 0) is 22.6 Å². The number of phenols is 1. The molecule has 1 N–H and O–H groups in total. The second-order valence-electron chi connectivity index (χ2n) is 5.48. The molecule has 0 spiro atoms. The molecule has 3 heteroatoms. The standard InChI is InChI=1S/C14H20O3/c1-10(15)17-9-11-5-6-13(16)12(7-11)8-14(2,3)4/h5-7,16H,8-9H2,1-4H3. The van der Waals surface area contributed by atoms with Gasteiger partial charge in [0.1, 0.15) is 12.4 Å². The second kappa shape index (κ2) is 5.21. The van der Waals surface area contributed by atoms with Crippen molar-refractivity contribution in [2.24, 2.45) is 5.41 Å². The number of hydrogen-bond donors (Lipinski definition) is 1. The van der Waals surface area contributed by atoms with Crippen LogP contribution in [0.3, 0.4) is 0 Å². The molecule has 0 aliphatic heterocycles. The quantitative estimate of drug-likeness (QED) is 0.820. The van der Waals surface area contributed by atoms with E-state index in [4.69, 9.17) is 4.74 Å². The third-order valence-corrected chi connectivity index (χ3v) is 2.31. The number of carbonyl (C=O) groups is 1. The number of hydrogen-bond acceptors (Lipinski definition) is 3. The number of benzene rings is 1.